The van der Waals surface area contributed by atoms with Gasteiger partial charge in [-0.25, -0.2) is 18.4 Å². The lowest BCUT2D eigenvalue weighted by Gasteiger charge is -2.31. The summed E-state index contributed by atoms with van der Waals surface area (Å²) < 4.78 is 33.8. The molecule has 1 aliphatic heterocycles. The molecule has 0 aliphatic carbocycles. The molecule has 2 unspecified atom stereocenters. The first-order valence-electron chi connectivity index (χ1n) is 6.65. The van der Waals surface area contributed by atoms with E-state index in [1.807, 2.05) is 13.8 Å². The van der Waals surface area contributed by atoms with Crippen LogP contribution in [0.1, 0.15) is 42.6 Å². The van der Waals surface area contributed by atoms with E-state index in [-0.39, 0.29) is 28.1 Å². The quantitative estimate of drug-likeness (QED) is 0.851. The molecular formula is C13H19NO5S2. The Bertz CT molecular complexity index is 627. The molecule has 1 saturated heterocycles. The highest BCUT2D eigenvalue weighted by Crippen LogP contribution is 2.28. The molecule has 118 valence electrons. The van der Waals surface area contributed by atoms with Gasteiger partial charge in [0.15, 0.2) is 0 Å². The van der Waals surface area contributed by atoms with Crippen LogP contribution in [0.25, 0.3) is 0 Å². The maximum absolute atomic E-state index is 12.2. The van der Waals surface area contributed by atoms with Gasteiger partial charge in [0.05, 0.1) is 17.8 Å². The van der Waals surface area contributed by atoms with Gasteiger partial charge in [-0.2, -0.15) is 0 Å². The van der Waals surface area contributed by atoms with Crippen LogP contribution < -0.4 is 5.14 Å². The number of ether oxygens (including phenoxy) is 2. The third kappa shape index (κ3) is 3.82. The predicted octanol–water partition coefficient (Wildman–Crippen LogP) is 1.82. The minimum absolute atomic E-state index is 0.00293. The molecule has 2 atom stereocenters. The van der Waals surface area contributed by atoms with Crippen molar-refractivity contribution in [2.24, 2.45) is 5.14 Å². The Kier molecular flexibility index (Phi) is 4.72. The molecule has 0 amide bonds. The van der Waals surface area contributed by atoms with Crippen LogP contribution in [0, 0.1) is 6.92 Å². The van der Waals surface area contributed by atoms with Crippen LogP contribution >= 0.6 is 11.3 Å². The van der Waals surface area contributed by atoms with Crippen molar-refractivity contribution in [3.63, 3.8) is 0 Å². The first kappa shape index (κ1) is 16.4. The smallest absolute Gasteiger partial charge is 0.339 e. The Morgan fingerprint density at radius 2 is 1.95 bits per heavy atom. The summed E-state index contributed by atoms with van der Waals surface area (Å²) in [6.45, 7) is 5.43. The van der Waals surface area contributed by atoms with E-state index in [4.69, 9.17) is 14.6 Å². The number of primary sulfonamides is 1. The molecular weight excluding hydrogens is 314 g/mol. The highest BCUT2D eigenvalue weighted by atomic mass is 32.2. The Labute approximate surface area is 128 Å². The molecule has 21 heavy (non-hydrogen) atoms. The third-order valence-electron chi connectivity index (χ3n) is 3.40. The zero-order valence-electron chi connectivity index (χ0n) is 12.2. The lowest BCUT2D eigenvalue weighted by atomic mass is 10.0. The molecule has 1 aromatic rings. The van der Waals surface area contributed by atoms with Gasteiger partial charge in [0.25, 0.3) is 0 Å². The topological polar surface area (TPSA) is 95.7 Å². The Hall–Kier alpha value is -0.960. The molecule has 0 spiro atoms. The molecule has 2 heterocycles. The zero-order valence-corrected chi connectivity index (χ0v) is 13.8. The van der Waals surface area contributed by atoms with Gasteiger partial charge in [0.2, 0.25) is 10.0 Å². The largest absolute Gasteiger partial charge is 0.459 e. The molecule has 2 N–H and O–H groups in total. The average molecular weight is 333 g/mol. The number of rotatable bonds is 3. The van der Waals surface area contributed by atoms with Crippen LogP contribution in [0.4, 0.5) is 0 Å². The molecule has 1 aromatic heterocycles. The standard InChI is InChI=1S/C13H19NO5S2/c1-7-4-10(5-8(2)18-7)19-12(15)11-6-20-13(9(11)3)21(14,16)17/h6-8,10H,4-5H2,1-3H3,(H2,14,16,17). The van der Waals surface area contributed by atoms with Gasteiger partial charge in [-0.3, -0.25) is 0 Å². The van der Waals surface area contributed by atoms with Crippen molar-refractivity contribution in [1.29, 1.82) is 0 Å². The van der Waals surface area contributed by atoms with E-state index in [0.29, 0.717) is 18.4 Å². The highest BCUT2D eigenvalue weighted by molar-refractivity contribution is 7.91. The summed E-state index contributed by atoms with van der Waals surface area (Å²) in [6, 6.07) is 0. The molecule has 1 fully saturated rings. The van der Waals surface area contributed by atoms with E-state index in [1.54, 1.807) is 6.92 Å². The summed E-state index contributed by atoms with van der Waals surface area (Å²) >= 11 is 0.936. The van der Waals surface area contributed by atoms with Crippen LogP contribution in [0.2, 0.25) is 0 Å². The van der Waals surface area contributed by atoms with Crippen LogP contribution in [-0.2, 0) is 19.5 Å². The van der Waals surface area contributed by atoms with Gasteiger partial charge in [-0.15, -0.1) is 11.3 Å². The van der Waals surface area contributed by atoms with E-state index in [2.05, 4.69) is 0 Å². The van der Waals surface area contributed by atoms with E-state index in [1.165, 1.54) is 5.38 Å². The normalized spacial score (nSPS) is 26.6. The lowest BCUT2D eigenvalue weighted by Crippen LogP contribution is -2.35. The van der Waals surface area contributed by atoms with Crippen LogP contribution in [-0.4, -0.2) is 32.7 Å². The fourth-order valence-electron chi connectivity index (χ4n) is 2.54. The highest BCUT2D eigenvalue weighted by Gasteiger charge is 2.29. The van der Waals surface area contributed by atoms with Gasteiger partial charge in [0.1, 0.15) is 10.3 Å². The molecule has 0 radical (unpaired) electrons. The van der Waals surface area contributed by atoms with Crippen molar-refractivity contribution in [3.8, 4) is 0 Å². The minimum Gasteiger partial charge on any atom is -0.459 e. The Morgan fingerprint density at radius 1 is 1.38 bits per heavy atom. The average Bonchev–Trinajstić information content (AvgIpc) is 2.69. The second kappa shape index (κ2) is 6.04. The van der Waals surface area contributed by atoms with E-state index in [0.717, 1.165) is 11.3 Å². The Morgan fingerprint density at radius 3 is 2.43 bits per heavy atom. The van der Waals surface area contributed by atoms with Gasteiger partial charge in [-0.1, -0.05) is 0 Å². The molecule has 1 aliphatic rings. The zero-order chi connectivity index (χ0) is 15.8. The predicted molar refractivity (Wildman–Crippen MR) is 78.9 cm³/mol. The van der Waals surface area contributed by atoms with Gasteiger partial charge in [0, 0.05) is 18.2 Å². The summed E-state index contributed by atoms with van der Waals surface area (Å²) in [5, 5.41) is 6.58. The minimum atomic E-state index is -3.81. The molecule has 6 nitrogen and oxygen atoms in total. The number of hydrogen-bond acceptors (Lipinski definition) is 6. The van der Waals surface area contributed by atoms with Gasteiger partial charge in [-0.05, 0) is 26.3 Å². The number of thiophene rings is 1. The van der Waals surface area contributed by atoms with Crippen LogP contribution in [0.15, 0.2) is 9.59 Å². The van der Waals surface area contributed by atoms with Crippen molar-refractivity contribution in [2.45, 2.75) is 56.1 Å². The summed E-state index contributed by atoms with van der Waals surface area (Å²) in [5.74, 6) is -0.509. The number of carbonyl (C=O) groups excluding carboxylic acids is 1. The van der Waals surface area contributed by atoms with Crippen molar-refractivity contribution in [2.75, 3.05) is 0 Å². The summed E-state index contributed by atoms with van der Waals surface area (Å²) in [4.78, 5) is 12.2. The number of nitrogens with two attached hydrogens (primary N) is 1. The first-order chi connectivity index (χ1) is 9.68. The SMILES string of the molecule is Cc1c(C(=O)OC2CC(C)OC(C)C2)csc1S(N)(=O)=O. The number of carbonyl (C=O) groups is 1. The third-order valence-corrected chi connectivity index (χ3v) is 6.08. The molecule has 0 saturated carbocycles. The fourth-order valence-corrected chi connectivity index (χ4v) is 4.54. The molecule has 8 heteroatoms. The summed E-state index contributed by atoms with van der Waals surface area (Å²) in [5.41, 5.74) is 0.608. The van der Waals surface area contributed by atoms with Gasteiger partial charge < -0.3 is 9.47 Å². The van der Waals surface area contributed by atoms with E-state index < -0.39 is 16.0 Å². The summed E-state index contributed by atoms with van der Waals surface area (Å²) in [7, 11) is -3.81. The number of hydrogen-bond donors (Lipinski definition) is 1. The van der Waals surface area contributed by atoms with Crippen LogP contribution in [0.5, 0.6) is 0 Å². The fraction of sp³-hybridized carbons (Fsp3) is 0.615. The first-order valence-corrected chi connectivity index (χ1v) is 9.08. The number of sulfonamides is 1. The second-order valence-electron chi connectivity index (χ2n) is 5.36. The van der Waals surface area contributed by atoms with Gasteiger partial charge >= 0.3 is 5.97 Å². The van der Waals surface area contributed by atoms with Crippen molar-refractivity contribution >= 4 is 27.3 Å². The molecule has 0 aromatic carbocycles. The van der Waals surface area contributed by atoms with Crippen molar-refractivity contribution in [3.05, 3.63) is 16.5 Å². The lowest BCUT2D eigenvalue weighted by molar-refractivity contribution is -0.0855. The Balaban J connectivity index is 2.13. The van der Waals surface area contributed by atoms with E-state index in [9.17, 15) is 13.2 Å². The monoisotopic (exact) mass is 333 g/mol. The molecule has 0 bridgehead atoms. The second-order valence-corrected chi connectivity index (χ2v) is 8.00. The maximum atomic E-state index is 12.2. The number of esters is 1. The van der Waals surface area contributed by atoms with Crippen molar-refractivity contribution < 1.29 is 22.7 Å². The molecule has 2 rings (SSSR count). The maximum Gasteiger partial charge on any atom is 0.339 e. The summed E-state index contributed by atoms with van der Waals surface area (Å²) in [6.07, 6.45) is 1.14. The van der Waals surface area contributed by atoms with E-state index >= 15 is 0 Å². The van der Waals surface area contributed by atoms with Crippen LogP contribution in [0.3, 0.4) is 0 Å². The van der Waals surface area contributed by atoms with Crippen molar-refractivity contribution in [1.82, 2.24) is 0 Å².